The minimum atomic E-state index is -0.368. The van der Waals surface area contributed by atoms with Gasteiger partial charge in [-0.05, 0) is 48.0 Å². The van der Waals surface area contributed by atoms with E-state index in [1.165, 1.54) is 38.7 Å². The van der Waals surface area contributed by atoms with Gasteiger partial charge in [0, 0.05) is 17.0 Å². The van der Waals surface area contributed by atoms with E-state index in [9.17, 15) is 4.79 Å². The van der Waals surface area contributed by atoms with Crippen LogP contribution >= 0.6 is 11.3 Å². The zero-order valence-corrected chi connectivity index (χ0v) is 19.3. The lowest BCUT2D eigenvalue weighted by atomic mass is 10.1. The number of nitrogens with zero attached hydrogens (tertiary/aromatic N) is 3. The van der Waals surface area contributed by atoms with Gasteiger partial charge in [0.05, 0.1) is 34.1 Å². The van der Waals surface area contributed by atoms with Crippen LogP contribution in [0.4, 0.5) is 5.95 Å². The topological polar surface area (TPSA) is 96.2 Å². The first-order valence-corrected chi connectivity index (χ1v) is 10.7. The van der Waals surface area contributed by atoms with Crippen molar-refractivity contribution in [1.82, 2.24) is 14.6 Å². The number of ether oxygens (including phenoxy) is 4. The first kappa shape index (κ1) is 22.2. The van der Waals surface area contributed by atoms with Crippen molar-refractivity contribution in [1.29, 1.82) is 0 Å². The Morgan fingerprint density at radius 1 is 1.00 bits per heavy atom. The molecule has 0 aliphatic heterocycles. The lowest BCUT2D eigenvalue weighted by Crippen LogP contribution is -2.09. The summed E-state index contributed by atoms with van der Waals surface area (Å²) in [5.74, 6) is 2.11. The van der Waals surface area contributed by atoms with Gasteiger partial charge in [-0.25, -0.2) is 4.52 Å². The Labute approximate surface area is 194 Å². The number of carbonyl (C=O) groups excluding carboxylic acids is 1. The van der Waals surface area contributed by atoms with Crippen molar-refractivity contribution < 1.29 is 23.7 Å². The summed E-state index contributed by atoms with van der Waals surface area (Å²) in [6, 6.07) is 11.1. The molecule has 9 nitrogen and oxygen atoms in total. The summed E-state index contributed by atoms with van der Waals surface area (Å²) in [7, 11) is 6.23. The van der Waals surface area contributed by atoms with E-state index >= 15 is 0 Å². The zero-order chi connectivity index (χ0) is 23.4. The van der Waals surface area contributed by atoms with Gasteiger partial charge < -0.3 is 18.9 Å². The van der Waals surface area contributed by atoms with E-state index in [2.05, 4.69) is 15.4 Å². The molecule has 170 valence electrons. The van der Waals surface area contributed by atoms with Gasteiger partial charge in [0.15, 0.2) is 11.5 Å². The van der Waals surface area contributed by atoms with Crippen molar-refractivity contribution >= 4 is 34.2 Å². The summed E-state index contributed by atoms with van der Waals surface area (Å²) in [6.45, 7) is 0. The van der Waals surface area contributed by atoms with E-state index in [4.69, 9.17) is 18.9 Å². The lowest BCUT2D eigenvalue weighted by molar-refractivity contribution is -0.111. The van der Waals surface area contributed by atoms with Crippen LogP contribution in [0.5, 0.6) is 23.0 Å². The number of nitrogens with one attached hydrogen (secondary N) is 1. The summed E-state index contributed by atoms with van der Waals surface area (Å²) >= 11 is 1.44. The summed E-state index contributed by atoms with van der Waals surface area (Å²) in [5.41, 5.74) is 2.55. The van der Waals surface area contributed by atoms with Crippen LogP contribution in [0.1, 0.15) is 5.56 Å². The fourth-order valence-corrected chi connectivity index (χ4v) is 4.05. The molecule has 1 amide bonds. The second-order valence-electron chi connectivity index (χ2n) is 6.76. The molecule has 2 aromatic carbocycles. The highest BCUT2D eigenvalue weighted by Gasteiger charge is 2.14. The SMILES string of the molecule is COc1ccc(-c2csc3nc(NC(=O)/C=C/c4cc(OC)c(OC)c(OC)c4)nn23)cc1. The molecule has 0 saturated carbocycles. The average Bonchev–Trinajstić information content (AvgIpc) is 3.42. The predicted octanol–water partition coefficient (Wildman–Crippen LogP) is 4.14. The third kappa shape index (κ3) is 4.60. The standard InChI is InChI=1S/C23H22N4O5S/c1-29-16-8-6-15(7-9-16)17-13-33-23-25-22(26-27(17)23)24-20(28)10-5-14-11-18(30-2)21(32-4)19(12-14)31-3/h5-13H,1-4H3,(H,24,26,28)/b10-5+. The Hall–Kier alpha value is -4.05. The maximum absolute atomic E-state index is 12.5. The third-order valence-corrected chi connectivity index (χ3v) is 5.63. The first-order chi connectivity index (χ1) is 16.1. The summed E-state index contributed by atoms with van der Waals surface area (Å²) < 4.78 is 22.9. The van der Waals surface area contributed by atoms with E-state index in [-0.39, 0.29) is 11.9 Å². The number of thiazole rings is 1. The molecule has 0 aliphatic rings. The van der Waals surface area contributed by atoms with E-state index in [0.29, 0.717) is 27.8 Å². The van der Waals surface area contributed by atoms with Gasteiger partial charge in [-0.3, -0.25) is 10.1 Å². The number of hydrogen-bond acceptors (Lipinski definition) is 8. The van der Waals surface area contributed by atoms with Crippen molar-refractivity contribution in [3.63, 3.8) is 0 Å². The van der Waals surface area contributed by atoms with Crippen LogP contribution in [-0.4, -0.2) is 48.9 Å². The van der Waals surface area contributed by atoms with Gasteiger partial charge in [0.2, 0.25) is 10.7 Å². The molecule has 0 fully saturated rings. The maximum atomic E-state index is 12.5. The number of benzene rings is 2. The van der Waals surface area contributed by atoms with Gasteiger partial charge in [-0.15, -0.1) is 16.4 Å². The van der Waals surface area contributed by atoms with Crippen LogP contribution in [0.15, 0.2) is 47.9 Å². The maximum Gasteiger partial charge on any atom is 0.250 e. The Bertz CT molecular complexity index is 1290. The predicted molar refractivity (Wildman–Crippen MR) is 127 cm³/mol. The Balaban J connectivity index is 1.51. The second kappa shape index (κ2) is 9.61. The van der Waals surface area contributed by atoms with Gasteiger partial charge in [-0.1, -0.05) is 0 Å². The van der Waals surface area contributed by atoms with E-state index in [1.54, 1.807) is 29.8 Å². The van der Waals surface area contributed by atoms with Crippen molar-refractivity contribution in [2.75, 3.05) is 33.8 Å². The summed E-state index contributed by atoms with van der Waals surface area (Å²) in [6.07, 6.45) is 3.03. The number of aromatic nitrogens is 3. The Morgan fingerprint density at radius 2 is 1.70 bits per heavy atom. The highest BCUT2D eigenvalue weighted by Crippen LogP contribution is 2.38. The molecular weight excluding hydrogens is 444 g/mol. The van der Waals surface area contributed by atoms with Gasteiger partial charge in [0.25, 0.3) is 11.9 Å². The monoisotopic (exact) mass is 466 g/mol. The lowest BCUT2D eigenvalue weighted by Gasteiger charge is -2.12. The second-order valence-corrected chi connectivity index (χ2v) is 7.60. The third-order valence-electron chi connectivity index (χ3n) is 4.82. The Kier molecular flexibility index (Phi) is 6.45. The van der Waals surface area contributed by atoms with E-state index in [1.807, 2.05) is 29.6 Å². The normalized spacial score (nSPS) is 11.0. The molecule has 0 atom stereocenters. The quantitative estimate of drug-likeness (QED) is 0.390. The molecule has 33 heavy (non-hydrogen) atoms. The molecule has 4 rings (SSSR count). The molecular formula is C23H22N4O5S. The molecule has 0 spiro atoms. The molecule has 0 unspecified atom stereocenters. The van der Waals surface area contributed by atoms with Gasteiger partial charge >= 0.3 is 0 Å². The van der Waals surface area contributed by atoms with Crippen LogP contribution in [0.25, 0.3) is 22.3 Å². The minimum Gasteiger partial charge on any atom is -0.497 e. The number of anilines is 1. The molecule has 0 aliphatic carbocycles. The van der Waals surface area contributed by atoms with Crippen LogP contribution in [0, 0.1) is 0 Å². The van der Waals surface area contributed by atoms with E-state index in [0.717, 1.165) is 17.0 Å². The van der Waals surface area contributed by atoms with Crippen LogP contribution in [0.3, 0.4) is 0 Å². The zero-order valence-electron chi connectivity index (χ0n) is 18.5. The van der Waals surface area contributed by atoms with Crippen molar-refractivity contribution in [3.05, 3.63) is 53.4 Å². The molecule has 2 heterocycles. The van der Waals surface area contributed by atoms with Crippen molar-refractivity contribution in [3.8, 4) is 34.3 Å². The smallest absolute Gasteiger partial charge is 0.250 e. The van der Waals surface area contributed by atoms with Gasteiger partial charge in [0.1, 0.15) is 5.75 Å². The van der Waals surface area contributed by atoms with Crippen LogP contribution in [0.2, 0.25) is 0 Å². The molecule has 0 radical (unpaired) electrons. The molecule has 0 saturated heterocycles. The van der Waals surface area contributed by atoms with E-state index < -0.39 is 0 Å². The fourth-order valence-electron chi connectivity index (χ4n) is 3.22. The molecule has 1 N–H and O–H groups in total. The molecule has 4 aromatic rings. The number of fused-ring (bicyclic) bond motifs is 1. The number of rotatable bonds is 8. The van der Waals surface area contributed by atoms with Crippen molar-refractivity contribution in [2.24, 2.45) is 0 Å². The molecule has 2 aromatic heterocycles. The number of carbonyl (C=O) groups is 1. The largest absolute Gasteiger partial charge is 0.497 e. The average molecular weight is 467 g/mol. The minimum absolute atomic E-state index is 0.219. The van der Waals surface area contributed by atoms with Crippen molar-refractivity contribution in [2.45, 2.75) is 0 Å². The number of hydrogen-bond donors (Lipinski definition) is 1. The highest BCUT2D eigenvalue weighted by molar-refractivity contribution is 7.15. The Morgan fingerprint density at radius 3 is 2.30 bits per heavy atom. The summed E-state index contributed by atoms with van der Waals surface area (Å²) in [5, 5.41) is 9.09. The van der Waals surface area contributed by atoms with Gasteiger partial charge in [-0.2, -0.15) is 4.98 Å². The van der Waals surface area contributed by atoms with Crippen LogP contribution < -0.4 is 24.3 Å². The summed E-state index contributed by atoms with van der Waals surface area (Å²) in [4.78, 5) is 17.5. The number of methoxy groups -OCH3 is 4. The molecule has 0 bridgehead atoms. The molecule has 10 heteroatoms. The van der Waals surface area contributed by atoms with Crippen LogP contribution in [-0.2, 0) is 4.79 Å². The number of amides is 1. The fraction of sp³-hybridized carbons (Fsp3) is 0.174. The first-order valence-electron chi connectivity index (χ1n) is 9.84. The highest BCUT2D eigenvalue weighted by atomic mass is 32.1.